The number of halogens is 4. The van der Waals surface area contributed by atoms with E-state index in [0.717, 1.165) is 18.2 Å². The van der Waals surface area contributed by atoms with Crippen molar-refractivity contribution in [2.75, 3.05) is 16.6 Å². The summed E-state index contributed by atoms with van der Waals surface area (Å²) in [6.07, 6.45) is 0.335. The van der Waals surface area contributed by atoms with Crippen molar-refractivity contribution in [1.29, 1.82) is 0 Å². The number of nitrogens with one attached hydrogen (secondary N) is 2. The van der Waals surface area contributed by atoms with E-state index in [9.17, 15) is 30.8 Å². The fourth-order valence-corrected chi connectivity index (χ4v) is 3.78. The molecule has 33 heavy (non-hydrogen) atoms. The Balaban J connectivity index is 1.48. The van der Waals surface area contributed by atoms with Gasteiger partial charge in [-0.25, -0.2) is 26.0 Å². The summed E-state index contributed by atoms with van der Waals surface area (Å²) in [5.74, 6) is -4.47. The Hall–Kier alpha value is -3.60. The highest BCUT2D eigenvalue weighted by Gasteiger charge is 2.17. The summed E-state index contributed by atoms with van der Waals surface area (Å²) in [6.45, 7) is 0.0423. The maximum absolute atomic E-state index is 13.5. The van der Waals surface area contributed by atoms with Crippen LogP contribution in [0.4, 0.5) is 28.9 Å². The third kappa shape index (κ3) is 6.69. The molecule has 2 N–H and O–H groups in total. The van der Waals surface area contributed by atoms with Gasteiger partial charge < -0.3 is 10.1 Å². The Morgan fingerprint density at radius 2 is 1.52 bits per heavy atom. The maximum atomic E-state index is 13.5. The van der Waals surface area contributed by atoms with Crippen LogP contribution in [0.1, 0.15) is 12.8 Å². The van der Waals surface area contributed by atoms with Crippen molar-refractivity contribution in [3.63, 3.8) is 0 Å². The van der Waals surface area contributed by atoms with Gasteiger partial charge in [-0.3, -0.25) is 9.52 Å². The molecule has 0 bridgehead atoms. The van der Waals surface area contributed by atoms with E-state index in [-0.39, 0.29) is 36.8 Å². The Morgan fingerprint density at radius 3 is 2.18 bits per heavy atom. The van der Waals surface area contributed by atoms with Crippen molar-refractivity contribution >= 4 is 27.3 Å². The lowest BCUT2D eigenvalue weighted by atomic mass is 10.2. The lowest BCUT2D eigenvalue weighted by molar-refractivity contribution is -0.116. The first kappa shape index (κ1) is 24.1. The number of hydrogen-bond acceptors (Lipinski definition) is 4. The van der Waals surface area contributed by atoms with Crippen LogP contribution in [0.2, 0.25) is 0 Å². The number of rotatable bonds is 9. The molecule has 0 spiro atoms. The molecule has 0 radical (unpaired) electrons. The highest BCUT2D eigenvalue weighted by Crippen LogP contribution is 2.21. The van der Waals surface area contributed by atoms with Gasteiger partial charge in [0.25, 0.3) is 10.0 Å². The van der Waals surface area contributed by atoms with Crippen LogP contribution in [0.15, 0.2) is 65.6 Å². The average Bonchev–Trinajstić information content (AvgIpc) is 2.75. The van der Waals surface area contributed by atoms with Gasteiger partial charge in [-0.15, -0.1) is 0 Å². The number of hydrogen-bond donors (Lipinski definition) is 2. The zero-order valence-corrected chi connectivity index (χ0v) is 17.8. The Kier molecular flexibility index (Phi) is 7.54. The Labute approximate surface area is 187 Å². The fraction of sp³-hybridized carbons (Fsp3) is 0.136. The van der Waals surface area contributed by atoms with Gasteiger partial charge >= 0.3 is 0 Å². The summed E-state index contributed by atoms with van der Waals surface area (Å²) in [6, 6.07) is 10.8. The van der Waals surface area contributed by atoms with Crippen molar-refractivity contribution < 1.29 is 35.5 Å². The molecule has 1 amide bonds. The minimum absolute atomic E-state index is 0.0423. The predicted molar refractivity (Wildman–Crippen MR) is 113 cm³/mol. The third-order valence-electron chi connectivity index (χ3n) is 4.32. The molecule has 0 fully saturated rings. The van der Waals surface area contributed by atoms with E-state index in [1.165, 1.54) is 24.3 Å². The normalized spacial score (nSPS) is 11.2. The molecular weight excluding hydrogens is 464 g/mol. The second kappa shape index (κ2) is 10.3. The molecule has 0 saturated carbocycles. The van der Waals surface area contributed by atoms with E-state index >= 15 is 0 Å². The minimum Gasteiger partial charge on any atom is -0.491 e. The van der Waals surface area contributed by atoms with E-state index in [1.807, 2.05) is 0 Å². The summed E-state index contributed by atoms with van der Waals surface area (Å²) in [5, 5.41) is 2.61. The average molecular weight is 482 g/mol. The van der Waals surface area contributed by atoms with Crippen molar-refractivity contribution in [3.8, 4) is 5.75 Å². The Morgan fingerprint density at radius 1 is 0.818 bits per heavy atom. The van der Waals surface area contributed by atoms with Gasteiger partial charge in [0.2, 0.25) is 5.91 Å². The molecule has 6 nitrogen and oxygen atoms in total. The van der Waals surface area contributed by atoms with Crippen LogP contribution >= 0.6 is 0 Å². The van der Waals surface area contributed by atoms with Gasteiger partial charge in [0, 0.05) is 23.9 Å². The number of carbonyl (C=O) groups excluding carboxylic acids is 1. The van der Waals surface area contributed by atoms with E-state index in [2.05, 4.69) is 10.0 Å². The van der Waals surface area contributed by atoms with E-state index in [1.54, 1.807) is 0 Å². The van der Waals surface area contributed by atoms with E-state index in [4.69, 9.17) is 4.74 Å². The molecule has 3 rings (SSSR count). The zero-order valence-electron chi connectivity index (χ0n) is 16.9. The fourth-order valence-electron chi connectivity index (χ4n) is 2.71. The molecule has 174 valence electrons. The number of anilines is 2. The number of benzene rings is 3. The number of amides is 1. The smallest absolute Gasteiger partial charge is 0.261 e. The second-order valence-corrected chi connectivity index (χ2v) is 8.52. The number of sulfonamides is 1. The lowest BCUT2D eigenvalue weighted by Crippen LogP contribution is -2.14. The van der Waals surface area contributed by atoms with Crippen molar-refractivity contribution in [3.05, 3.63) is 83.9 Å². The molecule has 0 saturated heterocycles. The predicted octanol–water partition coefficient (Wildman–Crippen LogP) is 4.84. The monoisotopic (exact) mass is 482 g/mol. The maximum Gasteiger partial charge on any atom is 0.261 e. The topological polar surface area (TPSA) is 84.5 Å². The largest absolute Gasteiger partial charge is 0.491 e. The summed E-state index contributed by atoms with van der Waals surface area (Å²) in [5.41, 5.74) is 0.536. The first-order chi connectivity index (χ1) is 15.6. The number of ether oxygens (including phenoxy) is 1. The van der Waals surface area contributed by atoms with Crippen LogP contribution in [0.3, 0.4) is 0 Å². The van der Waals surface area contributed by atoms with Gasteiger partial charge in [0.05, 0.1) is 11.5 Å². The van der Waals surface area contributed by atoms with Gasteiger partial charge in [0.15, 0.2) is 23.2 Å². The highest BCUT2D eigenvalue weighted by atomic mass is 32.2. The van der Waals surface area contributed by atoms with Crippen molar-refractivity contribution in [2.24, 2.45) is 0 Å². The molecule has 3 aromatic carbocycles. The molecule has 0 aromatic heterocycles. The summed E-state index contributed by atoms with van der Waals surface area (Å²) in [7, 11) is -4.14. The van der Waals surface area contributed by atoms with Crippen LogP contribution in [0.5, 0.6) is 5.75 Å². The van der Waals surface area contributed by atoms with Crippen LogP contribution in [-0.2, 0) is 14.8 Å². The van der Waals surface area contributed by atoms with Gasteiger partial charge in [-0.2, -0.15) is 0 Å². The van der Waals surface area contributed by atoms with E-state index in [0.29, 0.717) is 23.9 Å². The van der Waals surface area contributed by atoms with Crippen LogP contribution in [0.25, 0.3) is 0 Å². The van der Waals surface area contributed by atoms with Crippen molar-refractivity contribution in [1.82, 2.24) is 0 Å². The van der Waals surface area contributed by atoms with E-state index < -0.39 is 38.2 Å². The van der Waals surface area contributed by atoms with Crippen LogP contribution in [0, 0.1) is 23.3 Å². The SMILES string of the molecule is O=C(CCCOc1ccc(F)cc1F)Nc1ccc(NS(=O)(=O)c2ccc(F)c(F)c2)cc1. The molecule has 0 unspecified atom stereocenters. The molecule has 0 aliphatic rings. The number of carbonyl (C=O) groups is 1. The summed E-state index contributed by atoms with van der Waals surface area (Å²) < 4.78 is 84.6. The molecule has 0 heterocycles. The molecule has 0 aliphatic carbocycles. The first-order valence-corrected chi connectivity index (χ1v) is 11.1. The standard InChI is InChI=1S/C22H18F4N2O4S/c23-14-3-10-21(20(26)12-14)32-11-1-2-22(29)27-15-4-6-16(7-5-15)28-33(30,31)17-8-9-18(24)19(25)13-17/h3-10,12-13,28H,1-2,11H2,(H,27,29). The van der Waals surface area contributed by atoms with Gasteiger partial charge in [-0.1, -0.05) is 0 Å². The molecule has 11 heteroatoms. The van der Waals surface area contributed by atoms with Crippen LogP contribution < -0.4 is 14.8 Å². The van der Waals surface area contributed by atoms with Gasteiger partial charge in [0.1, 0.15) is 5.82 Å². The summed E-state index contributed by atoms with van der Waals surface area (Å²) in [4.78, 5) is 11.6. The quantitative estimate of drug-likeness (QED) is 0.338. The second-order valence-electron chi connectivity index (χ2n) is 6.83. The van der Waals surface area contributed by atoms with Gasteiger partial charge in [-0.05, 0) is 61.0 Å². The molecule has 3 aromatic rings. The molecule has 0 aliphatic heterocycles. The van der Waals surface area contributed by atoms with Crippen LogP contribution in [-0.4, -0.2) is 20.9 Å². The summed E-state index contributed by atoms with van der Waals surface area (Å²) >= 11 is 0. The first-order valence-electron chi connectivity index (χ1n) is 9.60. The lowest BCUT2D eigenvalue weighted by Gasteiger charge is -2.10. The highest BCUT2D eigenvalue weighted by molar-refractivity contribution is 7.92. The Bertz CT molecular complexity index is 1250. The minimum atomic E-state index is -4.14. The van der Waals surface area contributed by atoms with Crippen molar-refractivity contribution in [2.45, 2.75) is 17.7 Å². The molecular formula is C22H18F4N2O4S. The third-order valence-corrected chi connectivity index (χ3v) is 5.70. The molecule has 0 atom stereocenters. The zero-order chi connectivity index (χ0) is 24.0.